The van der Waals surface area contributed by atoms with E-state index in [2.05, 4.69) is 4.98 Å². The Kier molecular flexibility index (Phi) is 3.78. The van der Waals surface area contributed by atoms with E-state index in [0.717, 1.165) is 18.3 Å². The molecule has 1 aromatic heterocycles. The molecule has 104 valence electrons. The number of rotatable bonds is 4. The molecule has 0 bridgehead atoms. The zero-order valence-corrected chi connectivity index (χ0v) is 10.8. The van der Waals surface area contributed by atoms with Gasteiger partial charge in [-0.25, -0.2) is 8.42 Å². The van der Waals surface area contributed by atoms with E-state index in [1.54, 1.807) is 0 Å². The molecule has 1 saturated heterocycles. The van der Waals surface area contributed by atoms with Gasteiger partial charge in [-0.1, -0.05) is 0 Å². The molecule has 1 N–H and O–H groups in total. The Morgan fingerprint density at radius 1 is 1.53 bits per heavy atom. The maximum Gasteiger partial charge on any atom is 0.363 e. The first kappa shape index (κ1) is 13.8. The summed E-state index contributed by atoms with van der Waals surface area (Å²) in [6.07, 6.45) is 2.27. The van der Waals surface area contributed by atoms with E-state index in [4.69, 9.17) is 5.11 Å². The van der Waals surface area contributed by atoms with Crippen molar-refractivity contribution in [2.24, 2.45) is 0 Å². The Morgan fingerprint density at radius 3 is 2.79 bits per heavy atom. The Balaban J connectivity index is 2.31. The van der Waals surface area contributed by atoms with Gasteiger partial charge in [-0.05, 0) is 28.8 Å². The summed E-state index contributed by atoms with van der Waals surface area (Å²) in [7, 11) is -3.75. The number of nitrogens with zero attached hydrogens (tertiary/aromatic N) is 3. The third kappa shape index (κ3) is 2.57. The van der Waals surface area contributed by atoms with Crippen LogP contribution in [0.25, 0.3) is 0 Å². The minimum absolute atomic E-state index is 0.0987. The SMILES string of the molecule is O=[N+]([O-])c1ccc(S(=O)(=O)N2CCC[C@H]2CO)cn1. The van der Waals surface area contributed by atoms with Gasteiger partial charge in [-0.3, -0.25) is 0 Å². The molecule has 0 amide bonds. The highest BCUT2D eigenvalue weighted by Crippen LogP contribution is 2.25. The first-order valence-corrected chi connectivity index (χ1v) is 7.14. The summed E-state index contributed by atoms with van der Waals surface area (Å²) in [6, 6.07) is 1.78. The summed E-state index contributed by atoms with van der Waals surface area (Å²) in [4.78, 5) is 13.2. The second-order valence-electron chi connectivity index (χ2n) is 4.20. The van der Waals surface area contributed by atoms with Crippen LogP contribution in [-0.2, 0) is 10.0 Å². The first-order valence-electron chi connectivity index (χ1n) is 5.70. The number of sulfonamides is 1. The number of pyridine rings is 1. The maximum atomic E-state index is 12.3. The highest BCUT2D eigenvalue weighted by Gasteiger charge is 2.35. The fraction of sp³-hybridized carbons (Fsp3) is 0.500. The summed E-state index contributed by atoms with van der Waals surface area (Å²) in [5, 5.41) is 19.6. The van der Waals surface area contributed by atoms with Crippen molar-refractivity contribution in [2.75, 3.05) is 13.2 Å². The van der Waals surface area contributed by atoms with Crippen LogP contribution >= 0.6 is 0 Å². The summed E-state index contributed by atoms with van der Waals surface area (Å²) in [5.74, 6) is -0.404. The molecule has 0 unspecified atom stereocenters. The average molecular weight is 287 g/mol. The number of hydrogen-bond acceptors (Lipinski definition) is 6. The molecule has 0 aliphatic carbocycles. The molecule has 1 fully saturated rings. The van der Waals surface area contributed by atoms with Gasteiger partial charge in [0.1, 0.15) is 4.90 Å². The van der Waals surface area contributed by atoms with Gasteiger partial charge in [0.15, 0.2) is 6.20 Å². The van der Waals surface area contributed by atoms with E-state index in [-0.39, 0.29) is 11.5 Å². The summed E-state index contributed by atoms with van der Waals surface area (Å²) in [5.41, 5.74) is 0. The molecule has 0 spiro atoms. The highest BCUT2D eigenvalue weighted by molar-refractivity contribution is 7.89. The zero-order valence-electron chi connectivity index (χ0n) is 9.97. The van der Waals surface area contributed by atoms with Gasteiger partial charge in [0.05, 0.1) is 6.61 Å². The lowest BCUT2D eigenvalue weighted by atomic mass is 10.2. The number of aromatic nitrogens is 1. The lowest BCUT2D eigenvalue weighted by Crippen LogP contribution is -2.37. The molecule has 0 aromatic carbocycles. The van der Waals surface area contributed by atoms with Crippen LogP contribution in [0.4, 0.5) is 5.82 Å². The molecule has 1 aliphatic heterocycles. The predicted molar refractivity (Wildman–Crippen MR) is 64.9 cm³/mol. The van der Waals surface area contributed by atoms with Crippen LogP contribution in [0.2, 0.25) is 0 Å². The van der Waals surface area contributed by atoms with Crippen molar-refractivity contribution in [1.29, 1.82) is 0 Å². The van der Waals surface area contributed by atoms with Crippen molar-refractivity contribution in [1.82, 2.24) is 9.29 Å². The maximum absolute atomic E-state index is 12.3. The Bertz CT molecular complexity index is 571. The van der Waals surface area contributed by atoms with Crippen molar-refractivity contribution in [3.8, 4) is 0 Å². The van der Waals surface area contributed by atoms with Crippen LogP contribution < -0.4 is 0 Å². The Morgan fingerprint density at radius 2 is 2.26 bits per heavy atom. The fourth-order valence-corrected chi connectivity index (χ4v) is 3.71. The van der Waals surface area contributed by atoms with Crippen LogP contribution in [0.3, 0.4) is 0 Å². The first-order chi connectivity index (χ1) is 8.96. The predicted octanol–water partition coefficient (Wildman–Crippen LogP) is 0.135. The molecular formula is C10H13N3O5S. The standard InChI is InChI=1S/C10H13N3O5S/c14-7-8-2-1-5-12(8)19(17,18)9-3-4-10(11-6-9)13(15)16/h3-4,6,8,14H,1-2,5,7H2/t8-/m0/s1. The molecular weight excluding hydrogens is 274 g/mol. The molecule has 0 saturated carbocycles. The molecule has 1 aromatic rings. The van der Waals surface area contributed by atoms with E-state index in [9.17, 15) is 18.5 Å². The van der Waals surface area contributed by atoms with E-state index in [1.165, 1.54) is 4.31 Å². The number of aliphatic hydroxyl groups is 1. The van der Waals surface area contributed by atoms with Crippen molar-refractivity contribution in [3.63, 3.8) is 0 Å². The summed E-state index contributed by atoms with van der Waals surface area (Å²) in [6.45, 7) is 0.101. The van der Waals surface area contributed by atoms with Crippen molar-refractivity contribution in [2.45, 2.75) is 23.8 Å². The monoisotopic (exact) mass is 287 g/mol. The normalized spacial score (nSPS) is 20.6. The number of hydrogen-bond donors (Lipinski definition) is 1. The van der Waals surface area contributed by atoms with Crippen LogP contribution in [0.1, 0.15) is 12.8 Å². The smallest absolute Gasteiger partial charge is 0.363 e. The van der Waals surface area contributed by atoms with E-state index >= 15 is 0 Å². The van der Waals surface area contributed by atoms with Gasteiger partial charge >= 0.3 is 5.82 Å². The van der Waals surface area contributed by atoms with Crippen LogP contribution in [0.5, 0.6) is 0 Å². The van der Waals surface area contributed by atoms with Gasteiger partial charge < -0.3 is 15.2 Å². The van der Waals surface area contributed by atoms with Crippen molar-refractivity contribution in [3.05, 3.63) is 28.4 Å². The van der Waals surface area contributed by atoms with Gasteiger partial charge in [0, 0.05) is 18.7 Å². The molecule has 2 heterocycles. The molecule has 1 aliphatic rings. The van der Waals surface area contributed by atoms with Gasteiger partial charge in [0.25, 0.3) is 0 Å². The van der Waals surface area contributed by atoms with Gasteiger partial charge in [-0.2, -0.15) is 4.31 Å². The lowest BCUT2D eigenvalue weighted by molar-refractivity contribution is -0.389. The number of aliphatic hydroxyl groups excluding tert-OH is 1. The highest BCUT2D eigenvalue weighted by atomic mass is 32.2. The third-order valence-electron chi connectivity index (χ3n) is 3.05. The number of nitro groups is 1. The summed E-state index contributed by atoms with van der Waals surface area (Å²) < 4.78 is 25.8. The second kappa shape index (κ2) is 5.19. The average Bonchev–Trinajstić information content (AvgIpc) is 2.87. The molecule has 9 heteroatoms. The van der Waals surface area contributed by atoms with E-state index in [0.29, 0.717) is 19.4 Å². The second-order valence-corrected chi connectivity index (χ2v) is 6.09. The quantitative estimate of drug-likeness (QED) is 0.622. The van der Waals surface area contributed by atoms with Gasteiger partial charge in [-0.15, -0.1) is 0 Å². The topological polar surface area (TPSA) is 114 Å². The van der Waals surface area contributed by atoms with Crippen LogP contribution in [0.15, 0.2) is 23.2 Å². The molecule has 0 radical (unpaired) electrons. The Labute approximate surface area is 109 Å². The minimum Gasteiger partial charge on any atom is -0.395 e. The largest absolute Gasteiger partial charge is 0.395 e. The minimum atomic E-state index is -3.75. The lowest BCUT2D eigenvalue weighted by Gasteiger charge is -2.21. The fourth-order valence-electron chi connectivity index (χ4n) is 2.08. The van der Waals surface area contributed by atoms with Crippen LogP contribution in [-0.4, -0.2) is 46.9 Å². The molecule has 1 atom stereocenters. The Hall–Kier alpha value is -1.58. The molecule has 2 rings (SSSR count). The van der Waals surface area contributed by atoms with Gasteiger partial charge in [0.2, 0.25) is 10.0 Å². The zero-order chi connectivity index (χ0) is 14.0. The third-order valence-corrected chi connectivity index (χ3v) is 4.98. The van der Waals surface area contributed by atoms with E-state index < -0.39 is 26.8 Å². The van der Waals surface area contributed by atoms with Crippen LogP contribution in [0, 0.1) is 10.1 Å². The van der Waals surface area contributed by atoms with Crippen molar-refractivity contribution >= 4 is 15.8 Å². The van der Waals surface area contributed by atoms with Crippen molar-refractivity contribution < 1.29 is 18.4 Å². The molecule has 8 nitrogen and oxygen atoms in total. The molecule has 19 heavy (non-hydrogen) atoms. The summed E-state index contributed by atoms with van der Waals surface area (Å²) >= 11 is 0. The van der Waals surface area contributed by atoms with E-state index in [1.807, 2.05) is 0 Å².